The van der Waals surface area contributed by atoms with E-state index >= 15 is 0 Å². The number of anilines is 2. The second kappa shape index (κ2) is 9.43. The van der Waals surface area contributed by atoms with E-state index in [1.165, 1.54) is 23.1 Å². The number of nitrogens with zero attached hydrogens (tertiary/aromatic N) is 5. The Balaban J connectivity index is 1.64. The molecule has 11 heteroatoms. The highest BCUT2D eigenvalue weighted by molar-refractivity contribution is 7.99. The van der Waals surface area contributed by atoms with Crippen molar-refractivity contribution >= 4 is 34.0 Å². The molecule has 1 unspecified atom stereocenters. The van der Waals surface area contributed by atoms with Crippen molar-refractivity contribution in [2.24, 2.45) is 7.05 Å². The first-order valence-electron chi connectivity index (χ1n) is 9.30. The maximum Gasteiger partial charge on any atom is 0.217 e. The number of nitrogens with one attached hydrogen (secondary N) is 1. The van der Waals surface area contributed by atoms with Crippen molar-refractivity contribution in [2.45, 2.75) is 22.9 Å². The van der Waals surface area contributed by atoms with Crippen LogP contribution in [0.15, 0.2) is 58.0 Å². The topological polar surface area (TPSA) is 118 Å². The van der Waals surface area contributed by atoms with Crippen molar-refractivity contribution in [3.63, 3.8) is 0 Å². The van der Waals surface area contributed by atoms with Gasteiger partial charge in [-0.05, 0) is 19.1 Å². The molecule has 9 nitrogen and oxygen atoms in total. The summed E-state index contributed by atoms with van der Waals surface area (Å²) in [7, 11) is 1.80. The Bertz CT molecular complexity index is 1160. The lowest BCUT2D eigenvalue weighted by Gasteiger charge is -2.12. The van der Waals surface area contributed by atoms with Gasteiger partial charge in [0.2, 0.25) is 5.88 Å². The van der Waals surface area contributed by atoms with Gasteiger partial charge in [0, 0.05) is 41.8 Å². The van der Waals surface area contributed by atoms with Gasteiger partial charge in [0.05, 0.1) is 18.0 Å². The summed E-state index contributed by atoms with van der Waals surface area (Å²) in [6, 6.07) is 9.42. The van der Waals surface area contributed by atoms with E-state index < -0.39 is 12.7 Å². The number of aryl methyl sites for hydroxylation is 2. The Morgan fingerprint density at radius 2 is 2.16 bits per heavy atom. The molecule has 0 saturated heterocycles. The van der Waals surface area contributed by atoms with Crippen LogP contribution in [0.3, 0.4) is 0 Å². The lowest BCUT2D eigenvalue weighted by Crippen LogP contribution is -2.03. The second-order valence-electron chi connectivity index (χ2n) is 6.54. The molecule has 31 heavy (non-hydrogen) atoms. The van der Waals surface area contributed by atoms with Gasteiger partial charge in [-0.2, -0.15) is 5.10 Å². The van der Waals surface area contributed by atoms with E-state index in [1.54, 1.807) is 29.5 Å². The van der Waals surface area contributed by atoms with Gasteiger partial charge < -0.3 is 20.3 Å². The quantitative estimate of drug-likeness (QED) is 0.365. The Morgan fingerprint density at radius 1 is 1.29 bits per heavy atom. The molecule has 0 fully saturated rings. The van der Waals surface area contributed by atoms with Gasteiger partial charge in [-0.1, -0.05) is 17.8 Å². The van der Waals surface area contributed by atoms with Crippen LogP contribution in [0.4, 0.5) is 10.9 Å². The van der Waals surface area contributed by atoms with Gasteiger partial charge in [0.1, 0.15) is 11.1 Å². The average Bonchev–Trinajstić information content (AvgIpc) is 3.36. The molecule has 4 aromatic heterocycles. The van der Waals surface area contributed by atoms with E-state index in [2.05, 4.69) is 25.4 Å². The van der Waals surface area contributed by atoms with Crippen molar-refractivity contribution in [1.82, 2.24) is 24.7 Å². The predicted octanol–water partition coefficient (Wildman–Crippen LogP) is 3.69. The van der Waals surface area contributed by atoms with Crippen LogP contribution in [-0.2, 0) is 7.05 Å². The number of pyridine rings is 2. The highest BCUT2D eigenvalue weighted by atomic mass is 32.2. The van der Waals surface area contributed by atoms with Crippen molar-refractivity contribution in [3.05, 3.63) is 59.5 Å². The van der Waals surface area contributed by atoms with Crippen LogP contribution in [0.1, 0.15) is 17.5 Å². The number of aliphatic hydroxyl groups is 2. The standard InChI is InChI=1S/C20H20N6O3S2/c1-12-7-18(26(2)25-12)29-16-8-13(31-17-5-3-4-6-21-17)9-22-19(16)24-20-23-14(11-30-20)15(28)10-27/h3-9,11,15,27-28H,10H2,1-2H3,(H,22,23,24). The number of rotatable bonds is 8. The first kappa shape index (κ1) is 21.2. The van der Waals surface area contributed by atoms with Crippen molar-refractivity contribution < 1.29 is 14.9 Å². The smallest absolute Gasteiger partial charge is 0.217 e. The molecule has 0 amide bonds. The summed E-state index contributed by atoms with van der Waals surface area (Å²) in [5.41, 5.74) is 1.23. The molecule has 3 N–H and O–H groups in total. The van der Waals surface area contributed by atoms with Gasteiger partial charge in [-0.25, -0.2) is 19.6 Å². The highest BCUT2D eigenvalue weighted by Gasteiger charge is 2.16. The van der Waals surface area contributed by atoms with E-state index in [-0.39, 0.29) is 0 Å². The molecular formula is C20H20N6O3S2. The van der Waals surface area contributed by atoms with E-state index in [0.29, 0.717) is 28.3 Å². The third-order valence-corrected chi connectivity index (χ3v) is 5.81. The Kier molecular flexibility index (Phi) is 6.47. The van der Waals surface area contributed by atoms with Gasteiger partial charge in [0.15, 0.2) is 16.7 Å². The van der Waals surface area contributed by atoms with Crippen LogP contribution < -0.4 is 10.1 Å². The minimum Gasteiger partial charge on any atom is -0.435 e. The zero-order valence-corrected chi connectivity index (χ0v) is 18.4. The number of ether oxygens (including phenoxy) is 1. The molecule has 0 aliphatic rings. The fourth-order valence-corrected chi connectivity index (χ4v) is 4.20. The maximum absolute atomic E-state index is 9.78. The molecule has 0 saturated carbocycles. The molecule has 0 aromatic carbocycles. The number of aromatic nitrogens is 5. The number of hydrogen-bond acceptors (Lipinski definition) is 10. The van der Waals surface area contributed by atoms with Crippen molar-refractivity contribution in [1.29, 1.82) is 0 Å². The molecule has 0 bridgehead atoms. The second-order valence-corrected chi connectivity index (χ2v) is 8.49. The molecule has 4 aromatic rings. The fourth-order valence-electron chi connectivity index (χ4n) is 2.67. The van der Waals surface area contributed by atoms with Gasteiger partial charge in [-0.3, -0.25) is 0 Å². The van der Waals surface area contributed by atoms with Gasteiger partial charge >= 0.3 is 0 Å². The zero-order valence-electron chi connectivity index (χ0n) is 16.8. The van der Waals surface area contributed by atoms with Gasteiger partial charge in [0.25, 0.3) is 0 Å². The number of hydrogen-bond donors (Lipinski definition) is 3. The third-order valence-electron chi connectivity index (χ3n) is 4.12. The summed E-state index contributed by atoms with van der Waals surface area (Å²) in [6.07, 6.45) is 2.44. The molecule has 0 aliphatic carbocycles. The first-order valence-corrected chi connectivity index (χ1v) is 11.0. The molecule has 4 rings (SSSR count). The van der Waals surface area contributed by atoms with E-state index in [4.69, 9.17) is 9.84 Å². The fraction of sp³-hybridized carbons (Fsp3) is 0.200. The largest absolute Gasteiger partial charge is 0.435 e. The summed E-state index contributed by atoms with van der Waals surface area (Å²) in [5, 5.41) is 29.4. The Labute approximate surface area is 186 Å². The predicted molar refractivity (Wildman–Crippen MR) is 118 cm³/mol. The van der Waals surface area contributed by atoms with Crippen LogP contribution in [0.25, 0.3) is 0 Å². The summed E-state index contributed by atoms with van der Waals surface area (Å²) in [6.45, 7) is 1.50. The average molecular weight is 457 g/mol. The summed E-state index contributed by atoms with van der Waals surface area (Å²) in [5.74, 6) is 1.52. The summed E-state index contributed by atoms with van der Waals surface area (Å²) < 4.78 is 7.77. The SMILES string of the molecule is Cc1cc(Oc2cc(Sc3ccccn3)cnc2Nc2nc(C(O)CO)cs2)n(C)n1. The highest BCUT2D eigenvalue weighted by Crippen LogP contribution is 2.36. The molecule has 0 spiro atoms. The normalized spacial score (nSPS) is 12.0. The van der Waals surface area contributed by atoms with Crippen LogP contribution in [0, 0.1) is 6.92 Å². The maximum atomic E-state index is 9.78. The van der Waals surface area contributed by atoms with E-state index in [1.807, 2.05) is 37.3 Å². The van der Waals surface area contributed by atoms with Crippen LogP contribution >= 0.6 is 23.1 Å². The molecule has 1 atom stereocenters. The van der Waals surface area contributed by atoms with Gasteiger partial charge in [-0.15, -0.1) is 11.3 Å². The monoisotopic (exact) mass is 456 g/mol. The lowest BCUT2D eigenvalue weighted by molar-refractivity contribution is 0.0928. The summed E-state index contributed by atoms with van der Waals surface area (Å²) >= 11 is 2.77. The summed E-state index contributed by atoms with van der Waals surface area (Å²) in [4.78, 5) is 14.0. The minimum absolute atomic E-state index is 0.391. The zero-order chi connectivity index (χ0) is 21.8. The van der Waals surface area contributed by atoms with Crippen LogP contribution in [0.5, 0.6) is 11.6 Å². The van der Waals surface area contributed by atoms with Crippen molar-refractivity contribution in [3.8, 4) is 11.6 Å². The lowest BCUT2D eigenvalue weighted by atomic mass is 10.3. The molecule has 0 radical (unpaired) electrons. The molecule has 0 aliphatic heterocycles. The first-order chi connectivity index (χ1) is 15.0. The Morgan fingerprint density at radius 3 is 2.87 bits per heavy atom. The Hall–Kier alpha value is -2.99. The third kappa shape index (κ3) is 5.20. The number of thiazole rings is 1. The number of aliphatic hydroxyl groups excluding tert-OH is 2. The molecule has 160 valence electrons. The van der Waals surface area contributed by atoms with E-state index in [0.717, 1.165) is 15.6 Å². The van der Waals surface area contributed by atoms with Crippen LogP contribution in [-0.4, -0.2) is 41.6 Å². The minimum atomic E-state index is -1.02. The van der Waals surface area contributed by atoms with E-state index in [9.17, 15) is 5.11 Å². The van der Waals surface area contributed by atoms with Crippen LogP contribution in [0.2, 0.25) is 0 Å². The molecule has 4 heterocycles. The van der Waals surface area contributed by atoms with Crippen molar-refractivity contribution in [2.75, 3.05) is 11.9 Å². The molecular weight excluding hydrogens is 436 g/mol.